The maximum Gasteiger partial charge on any atom is 0.335 e. The number of para-hydroxylation sites is 1. The van der Waals surface area contributed by atoms with Gasteiger partial charge < -0.3 is 4.42 Å². The van der Waals surface area contributed by atoms with Crippen molar-refractivity contribution in [3.05, 3.63) is 83.4 Å². The van der Waals surface area contributed by atoms with Gasteiger partial charge in [-0.05, 0) is 61.0 Å². The number of imide groups is 2. The van der Waals surface area contributed by atoms with Gasteiger partial charge in [-0.1, -0.05) is 18.2 Å². The van der Waals surface area contributed by atoms with Crippen LogP contribution in [-0.2, 0) is 9.59 Å². The first kappa shape index (κ1) is 18.4. The van der Waals surface area contributed by atoms with Gasteiger partial charge in [0.2, 0.25) is 0 Å². The Kier molecular flexibility index (Phi) is 4.56. The Bertz CT molecular complexity index is 1160. The second kappa shape index (κ2) is 7.20. The summed E-state index contributed by atoms with van der Waals surface area (Å²) >= 11 is 0. The molecule has 144 valence electrons. The van der Waals surface area contributed by atoms with Crippen LogP contribution in [0.1, 0.15) is 11.3 Å². The number of nitrogens with one attached hydrogen (secondary N) is 1. The number of rotatable bonds is 3. The van der Waals surface area contributed by atoms with Crippen LogP contribution in [0.5, 0.6) is 0 Å². The third-order valence-electron chi connectivity index (χ3n) is 4.50. The van der Waals surface area contributed by atoms with Gasteiger partial charge >= 0.3 is 6.03 Å². The summed E-state index contributed by atoms with van der Waals surface area (Å²) in [6.45, 7) is 1.76. The van der Waals surface area contributed by atoms with Crippen LogP contribution in [0.3, 0.4) is 0 Å². The van der Waals surface area contributed by atoms with Crippen molar-refractivity contribution in [1.29, 1.82) is 0 Å². The van der Waals surface area contributed by atoms with E-state index in [4.69, 9.17) is 4.42 Å². The van der Waals surface area contributed by atoms with Crippen LogP contribution in [0.25, 0.3) is 17.4 Å². The Hall–Kier alpha value is -4.00. The van der Waals surface area contributed by atoms with Gasteiger partial charge in [0.1, 0.15) is 22.9 Å². The lowest BCUT2D eigenvalue weighted by molar-refractivity contribution is -0.122. The van der Waals surface area contributed by atoms with Gasteiger partial charge in [-0.3, -0.25) is 14.9 Å². The topological polar surface area (TPSA) is 79.6 Å². The van der Waals surface area contributed by atoms with E-state index in [1.807, 2.05) is 0 Å². The first-order chi connectivity index (χ1) is 13.9. The van der Waals surface area contributed by atoms with Gasteiger partial charge in [0.15, 0.2) is 0 Å². The van der Waals surface area contributed by atoms with E-state index < -0.39 is 17.8 Å². The molecule has 0 bridgehead atoms. The van der Waals surface area contributed by atoms with E-state index in [2.05, 4.69) is 5.32 Å². The van der Waals surface area contributed by atoms with Crippen molar-refractivity contribution in [3.63, 3.8) is 0 Å². The number of halogens is 1. The molecule has 29 heavy (non-hydrogen) atoms. The van der Waals surface area contributed by atoms with Crippen LogP contribution >= 0.6 is 0 Å². The SMILES string of the molecule is Cc1ccccc1N1C(=O)NC(=O)C(=Cc2ccc(-c3ccc(F)cc3)o2)C1=O. The number of nitrogens with zero attached hydrogens (tertiary/aromatic N) is 1. The lowest BCUT2D eigenvalue weighted by atomic mass is 10.1. The minimum Gasteiger partial charge on any atom is -0.457 e. The third-order valence-corrected chi connectivity index (χ3v) is 4.50. The van der Waals surface area contributed by atoms with E-state index in [1.54, 1.807) is 55.5 Å². The molecule has 1 aromatic heterocycles. The van der Waals surface area contributed by atoms with E-state index in [-0.39, 0.29) is 17.2 Å². The molecule has 1 saturated heterocycles. The normalized spacial score (nSPS) is 15.7. The van der Waals surface area contributed by atoms with Gasteiger partial charge in [-0.25, -0.2) is 14.1 Å². The van der Waals surface area contributed by atoms with Crippen LogP contribution in [-0.4, -0.2) is 17.8 Å². The highest BCUT2D eigenvalue weighted by Crippen LogP contribution is 2.27. The molecule has 1 N–H and O–H groups in total. The van der Waals surface area contributed by atoms with Gasteiger partial charge in [-0.15, -0.1) is 0 Å². The monoisotopic (exact) mass is 390 g/mol. The second-order valence-corrected chi connectivity index (χ2v) is 6.45. The second-order valence-electron chi connectivity index (χ2n) is 6.45. The summed E-state index contributed by atoms with van der Waals surface area (Å²) in [6, 6.07) is 15.0. The molecule has 0 unspecified atom stereocenters. The summed E-state index contributed by atoms with van der Waals surface area (Å²) in [5.41, 5.74) is 1.51. The summed E-state index contributed by atoms with van der Waals surface area (Å²) in [5.74, 6) is -1.21. The number of furan rings is 1. The van der Waals surface area contributed by atoms with E-state index >= 15 is 0 Å². The Morgan fingerprint density at radius 3 is 2.41 bits per heavy atom. The highest BCUT2D eigenvalue weighted by molar-refractivity contribution is 6.39. The number of barbiturate groups is 1. The predicted octanol–water partition coefficient (Wildman–Crippen LogP) is 4.06. The number of carbonyl (C=O) groups is 3. The molecule has 7 heteroatoms. The van der Waals surface area contributed by atoms with Crippen LogP contribution in [0.2, 0.25) is 0 Å². The van der Waals surface area contributed by atoms with Gasteiger partial charge in [0.25, 0.3) is 11.8 Å². The zero-order valence-electron chi connectivity index (χ0n) is 15.3. The number of amides is 4. The molecular formula is C22H15FN2O4. The fourth-order valence-corrected chi connectivity index (χ4v) is 3.03. The van der Waals surface area contributed by atoms with Crippen LogP contribution in [0.15, 0.2) is 70.7 Å². The molecule has 2 aromatic carbocycles. The number of hydrogen-bond acceptors (Lipinski definition) is 4. The number of anilines is 1. The summed E-state index contributed by atoms with van der Waals surface area (Å²) in [4.78, 5) is 38.4. The molecule has 4 amide bonds. The highest BCUT2D eigenvalue weighted by atomic mass is 19.1. The molecule has 0 aliphatic carbocycles. The molecule has 0 spiro atoms. The van der Waals surface area contributed by atoms with Crippen molar-refractivity contribution >= 4 is 29.6 Å². The Morgan fingerprint density at radius 1 is 0.966 bits per heavy atom. The molecule has 2 heterocycles. The van der Waals surface area contributed by atoms with Crippen LogP contribution < -0.4 is 10.2 Å². The zero-order valence-corrected chi connectivity index (χ0v) is 15.3. The maximum absolute atomic E-state index is 13.1. The number of urea groups is 1. The highest BCUT2D eigenvalue weighted by Gasteiger charge is 2.37. The number of benzene rings is 2. The smallest absolute Gasteiger partial charge is 0.335 e. The minimum absolute atomic E-state index is 0.229. The van der Waals surface area contributed by atoms with E-state index in [0.29, 0.717) is 22.6 Å². The fraction of sp³-hybridized carbons (Fsp3) is 0.0455. The van der Waals surface area contributed by atoms with Gasteiger partial charge in [-0.2, -0.15) is 0 Å². The predicted molar refractivity (Wildman–Crippen MR) is 104 cm³/mol. The van der Waals surface area contributed by atoms with Crippen molar-refractivity contribution in [2.45, 2.75) is 6.92 Å². The lowest BCUT2D eigenvalue weighted by Gasteiger charge is -2.27. The number of aryl methyl sites for hydroxylation is 1. The lowest BCUT2D eigenvalue weighted by Crippen LogP contribution is -2.54. The van der Waals surface area contributed by atoms with Gasteiger partial charge in [0, 0.05) is 5.56 Å². The molecular weight excluding hydrogens is 375 g/mol. The quantitative estimate of drug-likeness (QED) is 0.540. The molecule has 4 rings (SSSR count). The number of carbonyl (C=O) groups excluding carboxylic acids is 3. The minimum atomic E-state index is -0.808. The zero-order chi connectivity index (χ0) is 20.5. The molecule has 0 saturated carbocycles. The Balaban J connectivity index is 1.68. The van der Waals surface area contributed by atoms with Crippen molar-refractivity contribution in [1.82, 2.24) is 5.32 Å². The molecule has 6 nitrogen and oxygen atoms in total. The van der Waals surface area contributed by atoms with E-state index in [0.717, 1.165) is 4.90 Å². The van der Waals surface area contributed by atoms with Gasteiger partial charge in [0.05, 0.1) is 5.69 Å². The molecule has 1 aliphatic rings. The van der Waals surface area contributed by atoms with Crippen LogP contribution in [0, 0.1) is 12.7 Å². The third kappa shape index (κ3) is 3.45. The van der Waals surface area contributed by atoms with Crippen LogP contribution in [0.4, 0.5) is 14.9 Å². The van der Waals surface area contributed by atoms with Crippen molar-refractivity contribution < 1.29 is 23.2 Å². The van der Waals surface area contributed by atoms with E-state index in [9.17, 15) is 18.8 Å². The average Bonchev–Trinajstić information content (AvgIpc) is 3.16. The molecule has 1 fully saturated rings. The molecule has 1 aliphatic heterocycles. The fourth-order valence-electron chi connectivity index (χ4n) is 3.03. The van der Waals surface area contributed by atoms with Crippen molar-refractivity contribution in [2.24, 2.45) is 0 Å². The molecule has 0 atom stereocenters. The van der Waals surface area contributed by atoms with E-state index in [1.165, 1.54) is 18.2 Å². The standard InChI is InChI=1S/C22H15FN2O4/c1-13-4-2-3-5-18(13)25-21(27)17(20(26)24-22(25)28)12-16-10-11-19(29-16)14-6-8-15(23)9-7-14/h2-12H,1H3,(H,24,26,28). The summed E-state index contributed by atoms with van der Waals surface area (Å²) < 4.78 is 18.8. The molecule has 0 radical (unpaired) electrons. The largest absolute Gasteiger partial charge is 0.457 e. The summed E-state index contributed by atoms with van der Waals surface area (Å²) in [7, 11) is 0. The summed E-state index contributed by atoms with van der Waals surface area (Å²) in [6.07, 6.45) is 1.28. The summed E-state index contributed by atoms with van der Waals surface area (Å²) in [5, 5.41) is 2.18. The first-order valence-corrected chi connectivity index (χ1v) is 8.77. The first-order valence-electron chi connectivity index (χ1n) is 8.77. The number of hydrogen-bond donors (Lipinski definition) is 1. The Labute approximate surface area is 165 Å². The average molecular weight is 390 g/mol. The maximum atomic E-state index is 13.1. The van der Waals surface area contributed by atoms with Crippen molar-refractivity contribution in [3.8, 4) is 11.3 Å². The Morgan fingerprint density at radius 2 is 1.69 bits per heavy atom. The van der Waals surface area contributed by atoms with Crippen molar-refractivity contribution in [2.75, 3.05) is 4.90 Å². The molecule has 3 aromatic rings.